The minimum Gasteiger partial charge on any atom is -0.341 e. The van der Waals surface area contributed by atoms with Crippen LogP contribution in [-0.4, -0.2) is 10.4 Å². The maximum absolute atomic E-state index is 16.0. The summed E-state index contributed by atoms with van der Waals surface area (Å²) in [7, 11) is 0. The zero-order valence-electron chi connectivity index (χ0n) is 24.8. The first-order valence-electron chi connectivity index (χ1n) is 13.3. The van der Waals surface area contributed by atoms with Gasteiger partial charge in [-0.3, -0.25) is 9.59 Å². The number of carbonyl (C=O) groups is 1. The van der Waals surface area contributed by atoms with Gasteiger partial charge in [0.1, 0.15) is 0 Å². The van der Waals surface area contributed by atoms with E-state index < -0.39 is 17.0 Å². The van der Waals surface area contributed by atoms with E-state index in [9.17, 15) is 9.59 Å². The zero-order valence-corrected chi connectivity index (χ0v) is 24.8. The highest BCUT2D eigenvalue weighted by atomic mass is 19.1. The Bertz CT molecular complexity index is 1230. The summed E-state index contributed by atoms with van der Waals surface area (Å²) in [4.78, 5) is 25.2. The quantitative estimate of drug-likeness (QED) is 0.204. The molecule has 0 aliphatic rings. The lowest BCUT2D eigenvalue weighted by molar-refractivity contribution is 0.101. The minimum atomic E-state index is -0.948. The van der Waals surface area contributed by atoms with Crippen molar-refractivity contribution in [2.24, 2.45) is 5.92 Å². The van der Waals surface area contributed by atoms with Crippen LogP contribution in [0.4, 0.5) is 4.39 Å². The van der Waals surface area contributed by atoms with Crippen LogP contribution in [0.3, 0.4) is 0 Å². The highest BCUT2D eigenvalue weighted by molar-refractivity contribution is 5.94. The Kier molecular flexibility index (Phi) is 15.5. The van der Waals surface area contributed by atoms with Gasteiger partial charge < -0.3 is 4.57 Å². The zero-order chi connectivity index (χ0) is 29.6. The predicted octanol–water partition coefficient (Wildman–Crippen LogP) is 9.53. The molecule has 0 radical (unpaired) electrons. The van der Waals surface area contributed by atoms with Crippen LogP contribution in [0.5, 0.6) is 0 Å². The third-order valence-electron chi connectivity index (χ3n) is 6.15. The molecule has 0 unspecified atom stereocenters. The Hall–Kier alpha value is -3.53. The molecule has 0 N–H and O–H groups in total. The number of pyridine rings is 1. The lowest BCUT2D eigenvalue weighted by Crippen LogP contribution is -2.28. The Labute approximate surface area is 229 Å². The molecule has 1 aromatic rings. The van der Waals surface area contributed by atoms with Gasteiger partial charge in [-0.2, -0.15) is 0 Å². The number of halogens is 1. The average molecular weight is 520 g/mol. The number of nitrogens with zero attached hydrogens (tertiary/aromatic N) is 1. The van der Waals surface area contributed by atoms with Gasteiger partial charge in [0.15, 0.2) is 11.6 Å². The van der Waals surface area contributed by atoms with Gasteiger partial charge in [0.25, 0.3) is 0 Å². The molecule has 1 atom stereocenters. The van der Waals surface area contributed by atoms with Crippen molar-refractivity contribution in [3.05, 3.63) is 124 Å². The van der Waals surface area contributed by atoms with Gasteiger partial charge in [0, 0.05) is 12.2 Å². The van der Waals surface area contributed by atoms with Crippen molar-refractivity contribution >= 4 is 11.4 Å². The summed E-state index contributed by atoms with van der Waals surface area (Å²) < 4.78 is 17.7. The van der Waals surface area contributed by atoms with Crippen LogP contribution in [0, 0.1) is 11.7 Å². The van der Waals surface area contributed by atoms with Gasteiger partial charge in [0.05, 0.1) is 11.3 Å². The van der Waals surface area contributed by atoms with Crippen LogP contribution >= 0.6 is 0 Å². The summed E-state index contributed by atoms with van der Waals surface area (Å²) >= 11 is 0. The summed E-state index contributed by atoms with van der Waals surface area (Å²) in [6, 6.07) is -0.137. The second-order valence-electron chi connectivity index (χ2n) is 8.90. The van der Waals surface area contributed by atoms with Crippen molar-refractivity contribution < 1.29 is 9.18 Å². The Morgan fingerprint density at radius 1 is 1.03 bits per heavy atom. The number of carbonyl (C=O) groups excluding carboxylic acids is 1. The largest absolute Gasteiger partial charge is 0.341 e. The molecule has 3 nitrogen and oxygen atoms in total. The number of Topliss-reactive ketones (excluding diaryl/α,β-unsaturated/α-hetero) is 1. The van der Waals surface area contributed by atoms with Crippen molar-refractivity contribution in [2.75, 3.05) is 0 Å². The molecule has 0 aliphatic heterocycles. The smallest absolute Gasteiger partial charge is 0.228 e. The number of aromatic nitrogens is 1. The Morgan fingerprint density at radius 2 is 1.53 bits per heavy atom. The van der Waals surface area contributed by atoms with Gasteiger partial charge in [-0.1, -0.05) is 103 Å². The van der Waals surface area contributed by atoms with Crippen molar-refractivity contribution in [3.8, 4) is 0 Å². The fourth-order valence-electron chi connectivity index (χ4n) is 4.29. The van der Waals surface area contributed by atoms with E-state index in [1.807, 2.05) is 84.9 Å². The van der Waals surface area contributed by atoms with Gasteiger partial charge in [0.2, 0.25) is 5.43 Å². The predicted molar refractivity (Wildman–Crippen MR) is 164 cm³/mol. The van der Waals surface area contributed by atoms with E-state index in [0.29, 0.717) is 23.1 Å². The molecular weight excluding hydrogens is 473 g/mol. The molecule has 0 aromatic carbocycles. The van der Waals surface area contributed by atoms with E-state index in [1.54, 1.807) is 23.6 Å². The molecule has 1 rings (SSSR count). The number of rotatable bonds is 12. The summed E-state index contributed by atoms with van der Waals surface area (Å²) in [6.07, 6.45) is 16.8. The van der Waals surface area contributed by atoms with Crippen LogP contribution < -0.4 is 5.43 Å². The van der Waals surface area contributed by atoms with Crippen molar-refractivity contribution in [1.29, 1.82) is 0 Å². The van der Waals surface area contributed by atoms with Gasteiger partial charge >= 0.3 is 0 Å². The fourth-order valence-corrected chi connectivity index (χ4v) is 4.29. The molecule has 0 saturated heterocycles. The number of hydrogen-bond acceptors (Lipinski definition) is 2. The van der Waals surface area contributed by atoms with E-state index in [4.69, 9.17) is 0 Å². The third-order valence-corrected chi connectivity index (χ3v) is 6.15. The normalized spacial score (nSPS) is 13.8. The van der Waals surface area contributed by atoms with Crippen molar-refractivity contribution in [1.82, 2.24) is 4.57 Å². The van der Waals surface area contributed by atoms with Gasteiger partial charge in [-0.25, -0.2) is 4.39 Å². The molecule has 0 amide bonds. The van der Waals surface area contributed by atoms with Crippen molar-refractivity contribution in [3.63, 3.8) is 0 Å². The van der Waals surface area contributed by atoms with E-state index in [1.165, 1.54) is 13.1 Å². The number of allylic oxidation sites excluding steroid dienone is 13. The second kappa shape index (κ2) is 17.1. The first kappa shape index (κ1) is 34.5. The SMILES string of the molecule is C=C/C(=C\C=C/C)C(=C)C(/C(C=C)=C/C=C\C)=C(\C)c1c(F)c(=O)c(C(C)=O)cn1[C@@H](CC)C(C)C.CC. The monoisotopic (exact) mass is 519 g/mol. The molecule has 0 spiro atoms. The number of hydrogen-bond donors (Lipinski definition) is 0. The van der Waals surface area contributed by atoms with Crippen LogP contribution in [0.25, 0.3) is 5.57 Å². The highest BCUT2D eigenvalue weighted by Gasteiger charge is 2.26. The van der Waals surface area contributed by atoms with Crippen LogP contribution in [0.1, 0.15) is 90.8 Å². The average Bonchev–Trinajstić information content (AvgIpc) is 2.89. The van der Waals surface area contributed by atoms with E-state index in [-0.39, 0.29) is 23.2 Å². The standard InChI is InChI=1S/C32H40FNO2.C2H6/c1-11-16-18-25(13-3)22(8)29(26(14-4)19-17-12-2)23(9)31-30(33)32(36)27(24(10)35)20-34(31)28(15-5)21(6)7;1-2/h11-14,16-21,28H,3-4,8,15H2,1-2,5-7,9-10H3;1-2H3/b16-11-,17-12-,25-18+,26-19+,29-23-;/t28-;/m0./s1. The topological polar surface area (TPSA) is 39.1 Å². The maximum atomic E-state index is 16.0. The van der Waals surface area contributed by atoms with Gasteiger partial charge in [-0.05, 0) is 67.9 Å². The van der Waals surface area contributed by atoms with Crippen LogP contribution in [0.15, 0.2) is 102 Å². The first-order valence-corrected chi connectivity index (χ1v) is 13.3. The molecule has 0 aliphatic carbocycles. The molecule has 0 fully saturated rings. The molecular formula is C34H46FNO2. The van der Waals surface area contributed by atoms with Crippen LogP contribution in [0.2, 0.25) is 0 Å². The van der Waals surface area contributed by atoms with Gasteiger partial charge in [-0.15, -0.1) is 0 Å². The fraction of sp³-hybridized carbons (Fsp3) is 0.353. The molecule has 38 heavy (non-hydrogen) atoms. The number of ketones is 1. The first-order chi connectivity index (χ1) is 18.0. The van der Waals surface area contributed by atoms with E-state index in [0.717, 1.165) is 11.1 Å². The molecule has 0 bridgehead atoms. The maximum Gasteiger partial charge on any atom is 0.228 e. The third kappa shape index (κ3) is 8.24. The summed E-state index contributed by atoms with van der Waals surface area (Å²) in [5, 5.41) is 0. The molecule has 4 heteroatoms. The molecule has 1 aromatic heterocycles. The van der Waals surface area contributed by atoms with E-state index in [2.05, 4.69) is 19.7 Å². The molecule has 1 heterocycles. The highest BCUT2D eigenvalue weighted by Crippen LogP contribution is 2.36. The Balaban J connectivity index is 0.00000667. The summed E-state index contributed by atoms with van der Waals surface area (Å²) in [6.45, 7) is 29.2. The Morgan fingerprint density at radius 3 is 1.92 bits per heavy atom. The molecule has 0 saturated carbocycles. The van der Waals surface area contributed by atoms with Crippen molar-refractivity contribution in [2.45, 2.75) is 74.8 Å². The van der Waals surface area contributed by atoms with E-state index >= 15 is 4.39 Å². The second-order valence-corrected chi connectivity index (χ2v) is 8.90. The summed E-state index contributed by atoms with van der Waals surface area (Å²) in [5.74, 6) is -1.28. The van der Waals surface area contributed by atoms with Crippen LogP contribution in [-0.2, 0) is 0 Å². The lowest BCUT2D eigenvalue weighted by Gasteiger charge is -2.29. The molecule has 206 valence electrons. The lowest BCUT2D eigenvalue weighted by atomic mass is 9.87. The minimum absolute atomic E-state index is 0.130. The summed E-state index contributed by atoms with van der Waals surface area (Å²) in [5.41, 5.74) is 2.33.